The van der Waals surface area contributed by atoms with Gasteiger partial charge in [-0.25, -0.2) is 9.59 Å². The van der Waals surface area contributed by atoms with Gasteiger partial charge >= 0.3 is 22.5 Å². The summed E-state index contributed by atoms with van der Waals surface area (Å²) in [4.78, 5) is 27.7. The maximum Gasteiger partial charge on any atom is 0.426 e. The molecule has 1 saturated heterocycles. The molecule has 0 bridgehead atoms. The summed E-state index contributed by atoms with van der Waals surface area (Å²) in [6, 6.07) is 5.40. The van der Waals surface area contributed by atoms with Crippen LogP contribution in [0.4, 0.5) is 9.59 Å². The zero-order valence-electron chi connectivity index (χ0n) is 29.7. The number of nitrogens with zero attached hydrogens (tertiary/aromatic N) is 2. The molecule has 0 aromatic heterocycles. The Morgan fingerprint density at radius 1 is 0.936 bits per heavy atom. The van der Waals surface area contributed by atoms with Gasteiger partial charge in [0.1, 0.15) is 11.2 Å². The van der Waals surface area contributed by atoms with E-state index in [0.29, 0.717) is 39.0 Å². The van der Waals surface area contributed by atoms with E-state index in [0.717, 1.165) is 12.0 Å². The number of nitrogens with one attached hydrogen (secondary N) is 1. The molecule has 10 nitrogen and oxygen atoms in total. The topological polar surface area (TPSA) is 124 Å². The number of carbonyl (C=O) groups excluding carboxylic acids is 2. The van der Waals surface area contributed by atoms with Crippen molar-refractivity contribution in [3.63, 3.8) is 0 Å². The largest absolute Gasteiger partial charge is 0.444 e. The van der Waals surface area contributed by atoms with E-state index in [2.05, 4.69) is 14.5 Å². The quantitative estimate of drug-likeness (QED) is 0.217. The molecule has 1 N–H and O–H groups in total. The molecular formula is C32H53Cl4N3O7S. The zero-order chi connectivity index (χ0) is 37.1. The Bertz CT molecular complexity index is 1290. The maximum absolute atomic E-state index is 11.9. The van der Waals surface area contributed by atoms with Crippen molar-refractivity contribution < 1.29 is 31.7 Å². The highest BCUT2D eigenvalue weighted by atomic mass is 35.5. The van der Waals surface area contributed by atoms with Crippen LogP contribution < -0.4 is 5.32 Å². The first-order valence-corrected chi connectivity index (χ1v) is 18.3. The van der Waals surface area contributed by atoms with Crippen molar-refractivity contribution >= 4 is 75.1 Å². The highest BCUT2D eigenvalue weighted by Crippen LogP contribution is 2.30. The van der Waals surface area contributed by atoms with Gasteiger partial charge in [-0.15, -0.1) is 23.2 Å². The summed E-state index contributed by atoms with van der Waals surface area (Å²) in [6.07, 6.45) is 2.39. The van der Waals surface area contributed by atoms with Gasteiger partial charge in [0.2, 0.25) is 0 Å². The number of carbonyl (C=O) groups is 2. The Kier molecular flexibility index (Phi) is 17.9. The summed E-state index contributed by atoms with van der Waals surface area (Å²) in [7, 11) is -4.04. The number of halogens is 4. The third-order valence-corrected chi connectivity index (χ3v) is 8.68. The minimum Gasteiger partial charge on any atom is -0.444 e. The number of aliphatic imine (C=N–C) groups is 1. The second-order valence-electron chi connectivity index (χ2n) is 14.7. The molecule has 0 radical (unpaired) electrons. The number of ether oxygens (including phenoxy) is 2. The number of hydrogen-bond donors (Lipinski definition) is 1. The molecule has 47 heavy (non-hydrogen) atoms. The lowest BCUT2D eigenvalue weighted by atomic mass is 10.0. The van der Waals surface area contributed by atoms with Gasteiger partial charge in [0.25, 0.3) is 0 Å². The number of hydrogen-bond acceptors (Lipinski definition) is 8. The standard InChI is InChI=1S/C12H14Cl3N.C10H20ClNO2.C10H19NO5S/c1-12(2,6-7-13)16-8-9-10(14)4-3-5-11(9)15;1-9(2,3)14-8(13)12-10(4,5)6-7-11;1-9(2,3)16-8(12)11-10(4,5)6-7-15-17(11,13)14/h3-5,8H,6-7H2,1-2H3;6-7H2,1-5H3,(H,12,13);6-7H2,1-5H3. The average molecular weight is 766 g/mol. The van der Waals surface area contributed by atoms with Crippen molar-refractivity contribution in [3.8, 4) is 0 Å². The zero-order valence-corrected chi connectivity index (χ0v) is 33.6. The lowest BCUT2D eigenvalue weighted by Crippen LogP contribution is -2.56. The van der Waals surface area contributed by atoms with Crippen molar-refractivity contribution in [1.29, 1.82) is 0 Å². The van der Waals surface area contributed by atoms with Crippen molar-refractivity contribution in [2.24, 2.45) is 4.99 Å². The molecule has 0 atom stereocenters. The van der Waals surface area contributed by atoms with Crippen molar-refractivity contribution in [2.75, 3.05) is 18.4 Å². The van der Waals surface area contributed by atoms with Crippen LogP contribution in [0, 0.1) is 0 Å². The third-order valence-electron chi connectivity index (χ3n) is 6.09. The van der Waals surface area contributed by atoms with Gasteiger partial charge in [0, 0.05) is 29.1 Å². The van der Waals surface area contributed by atoms with Crippen LogP contribution in [0.1, 0.15) is 108 Å². The third kappa shape index (κ3) is 18.7. The van der Waals surface area contributed by atoms with Crippen LogP contribution in [-0.4, -0.2) is 77.3 Å². The van der Waals surface area contributed by atoms with Crippen molar-refractivity contribution in [3.05, 3.63) is 33.8 Å². The Morgan fingerprint density at radius 3 is 1.85 bits per heavy atom. The van der Waals surface area contributed by atoms with Crippen LogP contribution in [0.5, 0.6) is 0 Å². The Balaban J connectivity index is 0.000000679. The van der Waals surface area contributed by atoms with E-state index >= 15 is 0 Å². The summed E-state index contributed by atoms with van der Waals surface area (Å²) in [5.74, 6) is 1.10. The van der Waals surface area contributed by atoms with E-state index in [-0.39, 0.29) is 17.7 Å². The van der Waals surface area contributed by atoms with E-state index in [9.17, 15) is 18.0 Å². The van der Waals surface area contributed by atoms with E-state index in [1.54, 1.807) is 53.0 Å². The van der Waals surface area contributed by atoms with Gasteiger partial charge in [-0.2, -0.15) is 12.7 Å². The van der Waals surface area contributed by atoms with Gasteiger partial charge < -0.3 is 14.8 Å². The van der Waals surface area contributed by atoms with E-state index in [4.69, 9.17) is 55.9 Å². The normalized spacial score (nSPS) is 16.3. The van der Waals surface area contributed by atoms with Gasteiger partial charge in [-0.05, 0) is 114 Å². The van der Waals surface area contributed by atoms with Crippen LogP contribution in [0.25, 0.3) is 0 Å². The van der Waals surface area contributed by atoms with Gasteiger partial charge in [0.15, 0.2) is 0 Å². The highest BCUT2D eigenvalue weighted by Gasteiger charge is 2.46. The average Bonchev–Trinajstić information content (AvgIpc) is 2.80. The first-order chi connectivity index (χ1) is 21.1. The van der Waals surface area contributed by atoms with E-state index < -0.39 is 39.2 Å². The predicted octanol–water partition coefficient (Wildman–Crippen LogP) is 9.41. The van der Waals surface area contributed by atoms with Crippen LogP contribution in [-0.2, 0) is 24.0 Å². The number of alkyl carbamates (subject to hydrolysis) is 1. The smallest absolute Gasteiger partial charge is 0.426 e. The number of alkyl halides is 2. The second-order valence-corrected chi connectivity index (χ2v) is 17.7. The minimum absolute atomic E-state index is 0.0780. The Hall–Kier alpha value is -1.50. The molecule has 15 heteroatoms. The number of amides is 2. The molecule has 1 aliphatic heterocycles. The van der Waals surface area contributed by atoms with Crippen LogP contribution in [0.3, 0.4) is 0 Å². The number of rotatable bonds is 7. The lowest BCUT2D eigenvalue weighted by molar-refractivity contribution is 0.0139. The monoisotopic (exact) mass is 763 g/mol. The molecule has 0 aliphatic carbocycles. The first kappa shape index (κ1) is 45.5. The SMILES string of the molecule is CC(C)(C)OC(=O)N1C(C)(C)CCOS1(=O)=O.CC(C)(CCCl)N=Cc1c(Cl)cccc1Cl.CC(C)(CCCl)NC(=O)OC(C)(C)C. The Labute approximate surface area is 302 Å². The number of benzene rings is 1. The molecule has 2 rings (SSSR count). The molecule has 1 aromatic rings. The van der Waals surface area contributed by atoms with Gasteiger partial charge in [-0.1, -0.05) is 29.3 Å². The predicted molar refractivity (Wildman–Crippen MR) is 194 cm³/mol. The lowest BCUT2D eigenvalue weighted by Gasteiger charge is -2.40. The van der Waals surface area contributed by atoms with Gasteiger partial charge in [-0.3, -0.25) is 9.18 Å². The summed E-state index contributed by atoms with van der Waals surface area (Å²) >= 11 is 23.4. The van der Waals surface area contributed by atoms with Crippen molar-refractivity contribution in [1.82, 2.24) is 9.62 Å². The Morgan fingerprint density at radius 2 is 1.43 bits per heavy atom. The van der Waals surface area contributed by atoms with Gasteiger partial charge in [0.05, 0.1) is 27.7 Å². The maximum atomic E-state index is 11.9. The fourth-order valence-corrected chi connectivity index (χ4v) is 6.29. The van der Waals surface area contributed by atoms with Crippen LogP contribution in [0.15, 0.2) is 23.2 Å². The molecule has 0 unspecified atom stereocenters. The summed E-state index contributed by atoms with van der Waals surface area (Å²) in [5.41, 5.74) is -1.79. The molecule has 1 fully saturated rings. The van der Waals surface area contributed by atoms with Crippen LogP contribution in [0.2, 0.25) is 10.0 Å². The second kappa shape index (κ2) is 18.5. The van der Waals surface area contributed by atoms with E-state index in [1.165, 1.54) is 0 Å². The molecule has 272 valence electrons. The van der Waals surface area contributed by atoms with Crippen LogP contribution >= 0.6 is 46.4 Å². The molecule has 1 aromatic carbocycles. The molecule has 1 heterocycles. The van der Waals surface area contributed by atoms with Crippen molar-refractivity contribution in [2.45, 2.75) is 130 Å². The summed E-state index contributed by atoms with van der Waals surface area (Å²) < 4.78 is 39.0. The van der Waals surface area contributed by atoms with E-state index in [1.807, 2.05) is 54.5 Å². The molecule has 0 spiro atoms. The molecule has 2 amide bonds. The fraction of sp³-hybridized carbons (Fsp3) is 0.719. The molecule has 0 saturated carbocycles. The summed E-state index contributed by atoms with van der Waals surface area (Å²) in [6.45, 7) is 21.8. The minimum atomic E-state index is -4.04. The summed E-state index contributed by atoms with van der Waals surface area (Å²) in [5, 5.41) is 3.99. The fourth-order valence-electron chi connectivity index (χ4n) is 3.54. The molecular weight excluding hydrogens is 712 g/mol. The first-order valence-electron chi connectivity index (χ1n) is 15.1. The molecule has 1 aliphatic rings. The highest BCUT2D eigenvalue weighted by molar-refractivity contribution is 7.85.